The third-order valence-corrected chi connectivity index (χ3v) is 4.87. The van der Waals surface area contributed by atoms with E-state index in [1.807, 2.05) is 0 Å². The highest BCUT2D eigenvalue weighted by molar-refractivity contribution is 4.86. The molecule has 2 heteroatoms. The second-order valence-electron chi connectivity index (χ2n) is 6.49. The minimum Gasteiger partial charge on any atom is -0.313 e. The molecule has 0 aromatic heterocycles. The van der Waals surface area contributed by atoms with Gasteiger partial charge in [-0.1, -0.05) is 26.7 Å². The largest absolute Gasteiger partial charge is 0.313 e. The number of nitrogens with zero attached hydrogens (tertiary/aromatic N) is 1. The van der Waals surface area contributed by atoms with E-state index < -0.39 is 0 Å². The van der Waals surface area contributed by atoms with Gasteiger partial charge in [-0.15, -0.1) is 0 Å². The Hall–Kier alpha value is -0.0800. The Morgan fingerprint density at radius 1 is 1.12 bits per heavy atom. The van der Waals surface area contributed by atoms with Crippen LogP contribution in [0.15, 0.2) is 0 Å². The predicted molar refractivity (Wildman–Crippen MR) is 74.2 cm³/mol. The predicted octanol–water partition coefficient (Wildman–Crippen LogP) is 2.89. The van der Waals surface area contributed by atoms with Gasteiger partial charge in [0.2, 0.25) is 0 Å². The molecule has 0 aromatic carbocycles. The molecule has 2 nitrogen and oxygen atoms in total. The van der Waals surface area contributed by atoms with E-state index in [1.54, 1.807) is 0 Å². The van der Waals surface area contributed by atoms with Crippen LogP contribution in [-0.2, 0) is 0 Å². The Morgan fingerprint density at radius 3 is 2.53 bits per heavy atom. The molecule has 1 saturated carbocycles. The van der Waals surface area contributed by atoms with Crippen molar-refractivity contribution >= 4 is 0 Å². The van der Waals surface area contributed by atoms with Gasteiger partial charge in [0, 0.05) is 18.6 Å². The van der Waals surface area contributed by atoms with E-state index in [2.05, 4.69) is 31.1 Å². The fourth-order valence-corrected chi connectivity index (χ4v) is 3.86. The van der Waals surface area contributed by atoms with Gasteiger partial charge in [-0.2, -0.15) is 0 Å². The van der Waals surface area contributed by atoms with Crippen LogP contribution in [0.1, 0.15) is 52.4 Å². The van der Waals surface area contributed by atoms with Gasteiger partial charge < -0.3 is 10.2 Å². The smallest absolute Gasteiger partial charge is 0.0195 e. The molecule has 0 radical (unpaired) electrons. The summed E-state index contributed by atoms with van der Waals surface area (Å²) in [6.45, 7) is 7.31. The van der Waals surface area contributed by atoms with Crippen LogP contribution < -0.4 is 5.32 Å². The molecule has 2 rings (SSSR count). The van der Waals surface area contributed by atoms with Crippen molar-refractivity contribution in [2.75, 3.05) is 20.1 Å². The first kappa shape index (κ1) is 13.4. The van der Waals surface area contributed by atoms with Crippen molar-refractivity contribution in [3.05, 3.63) is 0 Å². The molecule has 17 heavy (non-hydrogen) atoms. The van der Waals surface area contributed by atoms with Crippen molar-refractivity contribution in [1.82, 2.24) is 10.2 Å². The third-order valence-electron chi connectivity index (χ3n) is 4.87. The van der Waals surface area contributed by atoms with Crippen molar-refractivity contribution in [2.24, 2.45) is 11.8 Å². The summed E-state index contributed by atoms with van der Waals surface area (Å²) >= 11 is 0. The number of hydrogen-bond donors (Lipinski definition) is 1. The Kier molecular flexibility index (Phi) is 4.87. The molecule has 2 fully saturated rings. The summed E-state index contributed by atoms with van der Waals surface area (Å²) in [7, 11) is 2.35. The summed E-state index contributed by atoms with van der Waals surface area (Å²) in [4.78, 5) is 2.66. The molecule has 0 amide bonds. The average Bonchev–Trinajstić information content (AvgIpc) is 2.81. The first-order valence-corrected chi connectivity index (χ1v) is 7.62. The molecule has 0 aromatic rings. The first-order chi connectivity index (χ1) is 8.18. The van der Waals surface area contributed by atoms with Crippen molar-refractivity contribution in [3.63, 3.8) is 0 Å². The van der Waals surface area contributed by atoms with E-state index in [0.29, 0.717) is 0 Å². The van der Waals surface area contributed by atoms with Crippen molar-refractivity contribution in [2.45, 2.75) is 64.5 Å². The highest BCUT2D eigenvalue weighted by Gasteiger charge is 2.31. The zero-order valence-electron chi connectivity index (χ0n) is 11.9. The molecule has 3 unspecified atom stereocenters. The van der Waals surface area contributed by atoms with E-state index in [9.17, 15) is 0 Å². The first-order valence-electron chi connectivity index (χ1n) is 7.62. The molecular weight excluding hydrogens is 208 g/mol. The van der Waals surface area contributed by atoms with Crippen molar-refractivity contribution in [1.29, 1.82) is 0 Å². The molecule has 1 heterocycles. The van der Waals surface area contributed by atoms with Gasteiger partial charge in [-0.3, -0.25) is 0 Å². The second-order valence-corrected chi connectivity index (χ2v) is 6.49. The topological polar surface area (TPSA) is 15.3 Å². The lowest BCUT2D eigenvalue weighted by atomic mass is 9.77. The number of nitrogens with one attached hydrogen (secondary N) is 1. The van der Waals surface area contributed by atoms with Crippen LogP contribution in [0.25, 0.3) is 0 Å². The Bertz CT molecular complexity index is 221. The quantitative estimate of drug-likeness (QED) is 0.810. The fourth-order valence-electron chi connectivity index (χ4n) is 3.86. The minimum atomic E-state index is 0.759. The van der Waals surface area contributed by atoms with Crippen LogP contribution in [0, 0.1) is 11.8 Å². The Morgan fingerprint density at radius 2 is 1.88 bits per heavy atom. The summed E-state index contributed by atoms with van der Waals surface area (Å²) < 4.78 is 0. The van der Waals surface area contributed by atoms with E-state index in [0.717, 1.165) is 23.9 Å². The van der Waals surface area contributed by atoms with Crippen LogP contribution in [-0.4, -0.2) is 37.1 Å². The highest BCUT2D eigenvalue weighted by atomic mass is 15.2. The van der Waals surface area contributed by atoms with E-state index in [1.165, 1.54) is 51.6 Å². The van der Waals surface area contributed by atoms with E-state index >= 15 is 0 Å². The van der Waals surface area contributed by atoms with Gasteiger partial charge in [0.15, 0.2) is 0 Å². The molecule has 2 aliphatic rings. The Balaban J connectivity index is 1.88. The molecule has 1 aliphatic heterocycles. The van der Waals surface area contributed by atoms with Gasteiger partial charge in [-0.25, -0.2) is 0 Å². The molecule has 0 bridgehead atoms. The van der Waals surface area contributed by atoms with Crippen LogP contribution in [0.5, 0.6) is 0 Å². The maximum atomic E-state index is 3.63. The van der Waals surface area contributed by atoms with E-state index in [4.69, 9.17) is 0 Å². The summed E-state index contributed by atoms with van der Waals surface area (Å²) in [6, 6.07) is 1.60. The lowest BCUT2D eigenvalue weighted by Gasteiger charge is -2.41. The lowest BCUT2D eigenvalue weighted by molar-refractivity contribution is 0.0936. The maximum absolute atomic E-state index is 3.63. The molecule has 1 saturated heterocycles. The second kappa shape index (κ2) is 6.19. The minimum absolute atomic E-state index is 0.759. The van der Waals surface area contributed by atoms with Gasteiger partial charge >= 0.3 is 0 Å². The van der Waals surface area contributed by atoms with Crippen molar-refractivity contribution in [3.8, 4) is 0 Å². The third kappa shape index (κ3) is 3.45. The van der Waals surface area contributed by atoms with E-state index in [-0.39, 0.29) is 0 Å². The maximum Gasteiger partial charge on any atom is 0.0195 e. The standard InChI is InChI=1S/C15H30N2/c1-12(2)14-8-4-5-9-15(14)17(3)11-13-7-6-10-16-13/h12-16H,4-11H2,1-3H3. The number of likely N-dealkylation sites (N-methyl/N-ethyl adjacent to an activating group) is 1. The van der Waals surface area contributed by atoms with Crippen molar-refractivity contribution < 1.29 is 0 Å². The fraction of sp³-hybridized carbons (Fsp3) is 1.00. The zero-order valence-corrected chi connectivity index (χ0v) is 11.9. The number of rotatable bonds is 4. The summed E-state index contributed by atoms with van der Waals surface area (Å²) in [6.07, 6.45) is 8.52. The number of hydrogen-bond acceptors (Lipinski definition) is 2. The van der Waals surface area contributed by atoms with Gasteiger partial charge in [-0.05, 0) is 51.1 Å². The summed E-state index contributed by atoms with van der Waals surface area (Å²) in [5, 5.41) is 3.63. The van der Waals surface area contributed by atoms with Gasteiger partial charge in [0.05, 0.1) is 0 Å². The molecule has 1 N–H and O–H groups in total. The van der Waals surface area contributed by atoms with Crippen LogP contribution >= 0.6 is 0 Å². The van der Waals surface area contributed by atoms with Gasteiger partial charge in [0.1, 0.15) is 0 Å². The zero-order chi connectivity index (χ0) is 12.3. The van der Waals surface area contributed by atoms with Crippen LogP contribution in [0.3, 0.4) is 0 Å². The average molecular weight is 238 g/mol. The lowest BCUT2D eigenvalue weighted by Crippen LogP contribution is -2.46. The summed E-state index contributed by atoms with van der Waals surface area (Å²) in [5.74, 6) is 1.77. The monoisotopic (exact) mass is 238 g/mol. The SMILES string of the molecule is CC(C)C1CCCCC1N(C)CC1CCCN1. The molecular formula is C15H30N2. The van der Waals surface area contributed by atoms with Gasteiger partial charge in [0.25, 0.3) is 0 Å². The normalized spacial score (nSPS) is 34.8. The Labute approximate surface area is 107 Å². The summed E-state index contributed by atoms with van der Waals surface area (Å²) in [5.41, 5.74) is 0. The highest BCUT2D eigenvalue weighted by Crippen LogP contribution is 2.33. The molecule has 0 spiro atoms. The molecule has 100 valence electrons. The van der Waals surface area contributed by atoms with Crippen LogP contribution in [0.2, 0.25) is 0 Å². The molecule has 1 aliphatic carbocycles. The van der Waals surface area contributed by atoms with Crippen LogP contribution in [0.4, 0.5) is 0 Å². The molecule has 3 atom stereocenters.